The van der Waals surface area contributed by atoms with Crippen LogP contribution in [-0.4, -0.2) is 48.4 Å². The van der Waals surface area contributed by atoms with Crippen molar-refractivity contribution in [3.05, 3.63) is 11.8 Å². The van der Waals surface area contributed by atoms with Crippen molar-refractivity contribution in [2.24, 2.45) is 5.92 Å². The molecule has 1 saturated heterocycles. The smallest absolute Gasteiger partial charge is 0.246 e. The van der Waals surface area contributed by atoms with Crippen molar-refractivity contribution in [3.8, 4) is 0 Å². The molecule has 2 aliphatic rings. The minimum atomic E-state index is -3.26. The van der Waals surface area contributed by atoms with Gasteiger partial charge in [-0.3, -0.25) is 0 Å². The van der Waals surface area contributed by atoms with Crippen LogP contribution in [0.5, 0.6) is 0 Å². The largest absolute Gasteiger partial charge is 0.422 e. The molecule has 3 rings (SSSR count). The Labute approximate surface area is 137 Å². The zero-order valence-corrected chi connectivity index (χ0v) is 14.4. The number of aromatic nitrogens is 2. The lowest BCUT2D eigenvalue weighted by molar-refractivity contribution is -0.0179. The first-order chi connectivity index (χ1) is 11.1. The molecule has 23 heavy (non-hydrogen) atoms. The Morgan fingerprint density at radius 1 is 1.22 bits per heavy atom. The molecule has 0 radical (unpaired) electrons. The summed E-state index contributed by atoms with van der Waals surface area (Å²) in [4.78, 5) is 0. The number of nitrogens with zero attached hydrogens (tertiary/aromatic N) is 3. The molecular weight excluding hydrogens is 318 g/mol. The molecule has 0 aromatic carbocycles. The fraction of sp³-hybridized carbons (Fsp3) is 0.867. The van der Waals surface area contributed by atoms with Crippen LogP contribution in [0.25, 0.3) is 0 Å². The first-order valence-corrected chi connectivity index (χ1v) is 10.1. The second-order valence-corrected chi connectivity index (χ2v) is 8.40. The standard InChI is InChI=1S/C15H25N3O4S/c1-2-14-16-17-15(22-14)13-10-18(8-9-21-13)23(19,20)11-12-6-4-3-5-7-12/h12-13H,2-11H2,1H3. The fourth-order valence-electron chi connectivity index (χ4n) is 3.32. The van der Waals surface area contributed by atoms with E-state index in [0.717, 1.165) is 25.7 Å². The number of ether oxygens (including phenoxy) is 1. The van der Waals surface area contributed by atoms with E-state index in [0.29, 0.717) is 37.3 Å². The first kappa shape index (κ1) is 16.9. The number of aryl methyl sites for hydroxylation is 1. The highest BCUT2D eigenvalue weighted by Crippen LogP contribution is 2.28. The summed E-state index contributed by atoms with van der Waals surface area (Å²) < 4.78 is 38.1. The van der Waals surface area contributed by atoms with E-state index in [2.05, 4.69) is 10.2 Å². The lowest BCUT2D eigenvalue weighted by atomic mass is 9.91. The summed E-state index contributed by atoms with van der Waals surface area (Å²) in [5, 5.41) is 7.91. The molecule has 1 aromatic heterocycles. The predicted molar refractivity (Wildman–Crippen MR) is 84.3 cm³/mol. The molecule has 8 heteroatoms. The van der Waals surface area contributed by atoms with Gasteiger partial charge in [-0.25, -0.2) is 8.42 Å². The van der Waals surface area contributed by atoms with Gasteiger partial charge in [0.25, 0.3) is 0 Å². The summed E-state index contributed by atoms with van der Waals surface area (Å²) in [6, 6.07) is 0. The Kier molecular flexibility index (Phi) is 5.33. The molecule has 0 bridgehead atoms. The second kappa shape index (κ2) is 7.27. The summed E-state index contributed by atoms with van der Waals surface area (Å²) in [5.41, 5.74) is 0. The summed E-state index contributed by atoms with van der Waals surface area (Å²) in [7, 11) is -3.26. The van der Waals surface area contributed by atoms with Crippen molar-refractivity contribution in [2.75, 3.05) is 25.4 Å². The molecular formula is C15H25N3O4S. The zero-order valence-electron chi connectivity index (χ0n) is 13.6. The molecule has 2 fully saturated rings. The van der Waals surface area contributed by atoms with Gasteiger partial charge in [-0.2, -0.15) is 4.31 Å². The number of sulfonamides is 1. The molecule has 0 N–H and O–H groups in total. The van der Waals surface area contributed by atoms with Crippen LogP contribution < -0.4 is 0 Å². The third-order valence-corrected chi connectivity index (χ3v) is 6.67. The monoisotopic (exact) mass is 343 g/mol. The molecule has 1 aliphatic carbocycles. The lowest BCUT2D eigenvalue weighted by Gasteiger charge is -2.32. The van der Waals surface area contributed by atoms with Crippen molar-refractivity contribution in [2.45, 2.75) is 51.6 Å². The Morgan fingerprint density at radius 3 is 2.70 bits per heavy atom. The average Bonchev–Trinajstić information content (AvgIpc) is 3.05. The molecule has 2 heterocycles. The Morgan fingerprint density at radius 2 is 2.00 bits per heavy atom. The van der Waals surface area contributed by atoms with Gasteiger partial charge in [0.05, 0.1) is 12.4 Å². The van der Waals surface area contributed by atoms with Crippen LogP contribution in [-0.2, 0) is 21.2 Å². The third kappa shape index (κ3) is 4.10. The molecule has 130 valence electrons. The van der Waals surface area contributed by atoms with Crippen LogP contribution in [0.4, 0.5) is 0 Å². The Hall–Kier alpha value is -0.990. The molecule has 7 nitrogen and oxygen atoms in total. The van der Waals surface area contributed by atoms with E-state index in [-0.39, 0.29) is 12.3 Å². The quantitative estimate of drug-likeness (QED) is 0.812. The van der Waals surface area contributed by atoms with E-state index in [9.17, 15) is 8.42 Å². The number of hydrogen-bond donors (Lipinski definition) is 0. The lowest BCUT2D eigenvalue weighted by Crippen LogP contribution is -2.44. The highest BCUT2D eigenvalue weighted by molar-refractivity contribution is 7.89. The van der Waals surface area contributed by atoms with Crippen molar-refractivity contribution < 1.29 is 17.6 Å². The van der Waals surface area contributed by atoms with Crippen LogP contribution >= 0.6 is 0 Å². The van der Waals surface area contributed by atoms with Crippen molar-refractivity contribution in [3.63, 3.8) is 0 Å². The van der Waals surface area contributed by atoms with Gasteiger partial charge in [0.1, 0.15) is 6.10 Å². The highest BCUT2D eigenvalue weighted by atomic mass is 32.2. The molecule has 1 aromatic rings. The number of hydrogen-bond acceptors (Lipinski definition) is 6. The number of morpholine rings is 1. The van der Waals surface area contributed by atoms with Gasteiger partial charge in [0.2, 0.25) is 21.8 Å². The Balaban J connectivity index is 1.64. The average molecular weight is 343 g/mol. The summed E-state index contributed by atoms with van der Waals surface area (Å²) >= 11 is 0. The predicted octanol–water partition coefficient (Wildman–Crippen LogP) is 1.92. The molecule has 1 saturated carbocycles. The van der Waals surface area contributed by atoms with Crippen LogP contribution in [0.3, 0.4) is 0 Å². The van der Waals surface area contributed by atoms with Gasteiger partial charge in [-0.05, 0) is 18.8 Å². The molecule has 1 atom stereocenters. The normalized spacial score (nSPS) is 24.8. The minimum Gasteiger partial charge on any atom is -0.422 e. The van der Waals surface area contributed by atoms with Crippen LogP contribution in [0.1, 0.15) is 56.9 Å². The molecule has 1 unspecified atom stereocenters. The molecule has 1 aliphatic heterocycles. The van der Waals surface area contributed by atoms with E-state index in [1.165, 1.54) is 10.7 Å². The van der Waals surface area contributed by atoms with Crippen molar-refractivity contribution in [1.82, 2.24) is 14.5 Å². The van der Waals surface area contributed by atoms with E-state index in [4.69, 9.17) is 9.15 Å². The van der Waals surface area contributed by atoms with Gasteiger partial charge in [-0.15, -0.1) is 10.2 Å². The number of rotatable bonds is 5. The van der Waals surface area contributed by atoms with Gasteiger partial charge in [-0.1, -0.05) is 26.2 Å². The minimum absolute atomic E-state index is 0.254. The fourth-order valence-corrected chi connectivity index (χ4v) is 5.18. The summed E-state index contributed by atoms with van der Waals surface area (Å²) in [6.45, 7) is 2.96. The van der Waals surface area contributed by atoms with Crippen molar-refractivity contribution >= 4 is 10.0 Å². The zero-order chi connectivity index (χ0) is 16.3. The van der Waals surface area contributed by atoms with Gasteiger partial charge in [0, 0.05) is 19.5 Å². The van der Waals surface area contributed by atoms with E-state index >= 15 is 0 Å². The molecule has 0 amide bonds. The van der Waals surface area contributed by atoms with E-state index < -0.39 is 16.1 Å². The van der Waals surface area contributed by atoms with Gasteiger partial charge in [0.15, 0.2) is 0 Å². The summed E-state index contributed by atoms with van der Waals surface area (Å²) in [6.07, 6.45) is 5.77. The summed E-state index contributed by atoms with van der Waals surface area (Å²) in [5.74, 6) is 1.47. The van der Waals surface area contributed by atoms with Crippen LogP contribution in [0.2, 0.25) is 0 Å². The van der Waals surface area contributed by atoms with Crippen molar-refractivity contribution in [1.29, 1.82) is 0 Å². The second-order valence-electron chi connectivity index (χ2n) is 6.39. The molecule has 0 spiro atoms. The maximum Gasteiger partial charge on any atom is 0.246 e. The maximum atomic E-state index is 12.7. The van der Waals surface area contributed by atoms with E-state index in [1.54, 1.807) is 0 Å². The Bertz CT molecular complexity index is 610. The van der Waals surface area contributed by atoms with Crippen LogP contribution in [0.15, 0.2) is 4.42 Å². The topological polar surface area (TPSA) is 85.5 Å². The first-order valence-electron chi connectivity index (χ1n) is 8.50. The van der Waals surface area contributed by atoms with Gasteiger partial charge >= 0.3 is 0 Å². The SMILES string of the molecule is CCc1nnc(C2CN(S(=O)(=O)CC3CCCCC3)CCO2)o1. The maximum absolute atomic E-state index is 12.7. The van der Waals surface area contributed by atoms with E-state index in [1.807, 2.05) is 6.92 Å². The van der Waals surface area contributed by atoms with Gasteiger partial charge < -0.3 is 9.15 Å². The van der Waals surface area contributed by atoms with Crippen LogP contribution in [0, 0.1) is 5.92 Å². The highest BCUT2D eigenvalue weighted by Gasteiger charge is 2.34. The third-order valence-electron chi connectivity index (χ3n) is 4.65.